The Morgan fingerprint density at radius 3 is 2.63 bits per heavy atom. The van der Waals surface area contributed by atoms with Crippen LogP contribution in [0.25, 0.3) is 0 Å². The molecule has 0 aliphatic carbocycles. The molecule has 3 nitrogen and oxygen atoms in total. The fourth-order valence-electron chi connectivity index (χ4n) is 2.60. The lowest BCUT2D eigenvalue weighted by atomic mass is 10.0. The van der Waals surface area contributed by atoms with Crippen molar-refractivity contribution in [3.8, 4) is 0 Å². The zero-order valence-electron chi connectivity index (χ0n) is 15.9. The van der Waals surface area contributed by atoms with E-state index < -0.39 is 10.0 Å². The van der Waals surface area contributed by atoms with Crippen molar-refractivity contribution in [2.24, 2.45) is 9.98 Å². The average molecular weight is 421 g/mol. The van der Waals surface area contributed by atoms with Crippen LogP contribution in [0.2, 0.25) is 5.02 Å². The summed E-state index contributed by atoms with van der Waals surface area (Å²) < 4.78 is 5.81. The van der Waals surface area contributed by atoms with E-state index in [4.69, 9.17) is 26.3 Å². The van der Waals surface area contributed by atoms with Crippen molar-refractivity contribution in [2.75, 3.05) is 43.6 Å². The highest BCUT2D eigenvalue weighted by Crippen LogP contribution is 2.34. The van der Waals surface area contributed by atoms with Crippen LogP contribution in [0, 0.1) is 0 Å². The van der Waals surface area contributed by atoms with Gasteiger partial charge in [-0.3, -0.25) is 4.99 Å². The van der Waals surface area contributed by atoms with Crippen LogP contribution in [-0.4, -0.2) is 54.4 Å². The second-order valence-electron chi connectivity index (χ2n) is 7.16. The molecule has 0 radical (unpaired) electrons. The minimum atomic E-state index is -0.516. The summed E-state index contributed by atoms with van der Waals surface area (Å²) in [6.45, 7) is 1.35. The van der Waals surface area contributed by atoms with Gasteiger partial charge in [0.2, 0.25) is 0 Å². The number of fused-ring (bicyclic) bond motifs is 1. The standard InChI is InChI=1S/C21H25ClN2OS2/c1-27(2,3)12-11-25-15-26-20-14-23-21(16-7-5-4-6-8-16)18-13-17(22)9-10-19(18)24-20/h4-10,13H,11-12,14-15H2,1-3H3. The Morgan fingerprint density at radius 2 is 1.89 bits per heavy atom. The lowest BCUT2D eigenvalue weighted by Gasteiger charge is -2.24. The topological polar surface area (TPSA) is 34.0 Å². The highest BCUT2D eigenvalue weighted by Gasteiger charge is 2.17. The van der Waals surface area contributed by atoms with E-state index in [1.165, 1.54) is 0 Å². The molecule has 0 saturated heterocycles. The van der Waals surface area contributed by atoms with E-state index in [0.29, 0.717) is 17.5 Å². The van der Waals surface area contributed by atoms with Crippen molar-refractivity contribution in [3.05, 3.63) is 64.7 Å². The molecular weight excluding hydrogens is 396 g/mol. The average Bonchev–Trinajstić information content (AvgIpc) is 2.80. The maximum atomic E-state index is 6.25. The van der Waals surface area contributed by atoms with Crippen LogP contribution in [0.1, 0.15) is 11.1 Å². The molecule has 0 aromatic heterocycles. The molecule has 0 bridgehead atoms. The van der Waals surface area contributed by atoms with Gasteiger partial charge in [-0.1, -0.05) is 53.7 Å². The summed E-state index contributed by atoms with van der Waals surface area (Å²) in [5.74, 6) is 1.73. The molecular formula is C21H25ClN2OS2. The normalized spacial score (nSPS) is 14.8. The van der Waals surface area contributed by atoms with Crippen LogP contribution < -0.4 is 0 Å². The molecule has 2 aromatic rings. The quantitative estimate of drug-likeness (QED) is 0.448. The van der Waals surface area contributed by atoms with Gasteiger partial charge in [-0.15, -0.1) is 0 Å². The van der Waals surface area contributed by atoms with E-state index in [2.05, 4.69) is 30.9 Å². The molecule has 144 valence electrons. The minimum Gasteiger partial charge on any atom is -0.370 e. The summed E-state index contributed by atoms with van der Waals surface area (Å²) in [7, 11) is -0.516. The summed E-state index contributed by atoms with van der Waals surface area (Å²) in [5, 5.41) is 1.66. The first-order chi connectivity index (χ1) is 12.9. The molecule has 0 atom stereocenters. The lowest BCUT2D eigenvalue weighted by molar-refractivity contribution is 0.202. The van der Waals surface area contributed by atoms with Crippen LogP contribution >= 0.6 is 33.4 Å². The summed E-state index contributed by atoms with van der Waals surface area (Å²) in [5.41, 5.74) is 3.89. The number of hydrogen-bond acceptors (Lipinski definition) is 4. The first kappa shape index (κ1) is 20.5. The molecule has 1 heterocycles. The van der Waals surface area contributed by atoms with Gasteiger partial charge >= 0.3 is 0 Å². The minimum absolute atomic E-state index is 0.516. The number of rotatable bonds is 6. The van der Waals surface area contributed by atoms with Crippen molar-refractivity contribution >= 4 is 49.8 Å². The Labute approximate surface area is 172 Å². The first-order valence-corrected chi connectivity index (χ1v) is 13.2. The summed E-state index contributed by atoms with van der Waals surface area (Å²) in [6, 6.07) is 16.0. The summed E-state index contributed by atoms with van der Waals surface area (Å²) in [4.78, 5) is 9.68. The number of thioether (sulfide) groups is 1. The van der Waals surface area contributed by atoms with E-state index in [-0.39, 0.29) is 0 Å². The predicted molar refractivity (Wildman–Crippen MR) is 124 cm³/mol. The maximum absolute atomic E-state index is 6.25. The van der Waals surface area contributed by atoms with Gasteiger partial charge in [0.15, 0.2) is 0 Å². The molecule has 2 aromatic carbocycles. The smallest absolute Gasteiger partial charge is 0.0979 e. The first-order valence-electron chi connectivity index (χ1n) is 8.76. The van der Waals surface area contributed by atoms with Gasteiger partial charge in [0.25, 0.3) is 0 Å². The van der Waals surface area contributed by atoms with Gasteiger partial charge < -0.3 is 4.74 Å². The van der Waals surface area contributed by atoms with E-state index in [1.807, 2.05) is 36.4 Å². The molecule has 0 saturated carbocycles. The Morgan fingerprint density at radius 1 is 1.11 bits per heavy atom. The molecule has 0 fully saturated rings. The number of benzene rings is 2. The molecule has 1 aliphatic heterocycles. The SMILES string of the molecule is CS(C)(C)CCOCSC1=Nc2ccc(Cl)cc2C(c2ccccc2)=NC1. The molecule has 3 rings (SSSR count). The van der Waals surface area contributed by atoms with Crippen molar-refractivity contribution < 1.29 is 4.74 Å². The molecule has 27 heavy (non-hydrogen) atoms. The maximum Gasteiger partial charge on any atom is 0.0979 e. The van der Waals surface area contributed by atoms with Crippen LogP contribution in [0.4, 0.5) is 5.69 Å². The van der Waals surface area contributed by atoms with E-state index in [1.54, 1.807) is 11.8 Å². The largest absolute Gasteiger partial charge is 0.370 e. The van der Waals surface area contributed by atoms with Gasteiger partial charge in [0.05, 0.1) is 35.5 Å². The molecule has 0 amide bonds. The number of halogens is 1. The number of hydrogen-bond donors (Lipinski definition) is 0. The number of nitrogens with zero attached hydrogens (tertiary/aromatic N) is 2. The van der Waals surface area contributed by atoms with Crippen LogP contribution in [0.15, 0.2) is 58.5 Å². The Hall–Kier alpha value is -1.27. The zero-order chi connectivity index (χ0) is 19.3. The Bertz CT molecular complexity index is 845. The van der Waals surface area contributed by atoms with Crippen LogP contribution in [-0.2, 0) is 4.74 Å². The van der Waals surface area contributed by atoms with Crippen molar-refractivity contribution in [1.82, 2.24) is 0 Å². The molecule has 0 spiro atoms. The van der Waals surface area contributed by atoms with Crippen molar-refractivity contribution in [3.63, 3.8) is 0 Å². The third kappa shape index (κ3) is 6.11. The fourth-order valence-corrected chi connectivity index (χ4v) is 4.04. The van der Waals surface area contributed by atoms with Gasteiger partial charge in [-0.25, -0.2) is 15.0 Å². The lowest BCUT2D eigenvalue weighted by Crippen LogP contribution is -2.08. The zero-order valence-corrected chi connectivity index (χ0v) is 18.3. The molecule has 6 heteroatoms. The van der Waals surface area contributed by atoms with Gasteiger partial charge in [-0.2, -0.15) is 0 Å². The monoisotopic (exact) mass is 420 g/mol. The van der Waals surface area contributed by atoms with Crippen molar-refractivity contribution in [2.45, 2.75) is 0 Å². The third-order valence-corrected chi connectivity index (χ3v) is 6.49. The van der Waals surface area contributed by atoms with E-state index in [9.17, 15) is 0 Å². The van der Waals surface area contributed by atoms with Gasteiger partial charge in [0, 0.05) is 21.9 Å². The summed E-state index contributed by atoms with van der Waals surface area (Å²) >= 11 is 7.87. The number of ether oxygens (including phenoxy) is 1. The van der Waals surface area contributed by atoms with Crippen molar-refractivity contribution in [1.29, 1.82) is 0 Å². The second kappa shape index (κ2) is 9.28. The second-order valence-corrected chi connectivity index (χ2v) is 13.2. The van der Waals surface area contributed by atoms with Crippen LogP contribution in [0.5, 0.6) is 0 Å². The number of aliphatic imine (C=N–C) groups is 2. The van der Waals surface area contributed by atoms with E-state index in [0.717, 1.165) is 39.9 Å². The fraction of sp³-hybridized carbons (Fsp3) is 0.333. The Kier molecular flexibility index (Phi) is 7.04. The molecule has 0 unspecified atom stereocenters. The Balaban J connectivity index is 1.75. The highest BCUT2D eigenvalue weighted by atomic mass is 35.5. The predicted octanol–water partition coefficient (Wildman–Crippen LogP) is 5.62. The third-order valence-electron chi connectivity index (χ3n) is 4.03. The molecule has 0 N–H and O–H groups in total. The van der Waals surface area contributed by atoms with E-state index >= 15 is 0 Å². The van der Waals surface area contributed by atoms with Gasteiger partial charge in [-0.05, 0) is 37.0 Å². The summed E-state index contributed by atoms with van der Waals surface area (Å²) in [6.07, 6.45) is 6.92. The van der Waals surface area contributed by atoms with Crippen LogP contribution in [0.3, 0.4) is 0 Å². The molecule has 1 aliphatic rings. The highest BCUT2D eigenvalue weighted by molar-refractivity contribution is 8.32. The van der Waals surface area contributed by atoms with Gasteiger partial charge in [0.1, 0.15) is 0 Å².